The molecule has 0 atom stereocenters. The molecular weight excluding hydrogens is 240 g/mol. The quantitative estimate of drug-likeness (QED) is 0.797. The number of hydrogen-bond acceptors (Lipinski definition) is 3. The molecule has 5 nitrogen and oxygen atoms in total. The maximum Gasteiger partial charge on any atom is 0.250 e. The average Bonchev–Trinajstić information content (AvgIpc) is 2.82. The third-order valence-corrected chi connectivity index (χ3v) is 3.58. The molecule has 0 bridgehead atoms. The minimum Gasteiger partial charge on any atom is -0.399 e. The largest absolute Gasteiger partial charge is 0.399 e. The summed E-state index contributed by atoms with van der Waals surface area (Å²) < 4.78 is 1.95. The Bertz CT molecular complexity index is 645. The predicted molar refractivity (Wildman–Crippen MR) is 73.1 cm³/mol. The van der Waals surface area contributed by atoms with Crippen LogP contribution in [-0.4, -0.2) is 15.5 Å². The maximum absolute atomic E-state index is 11.5. The van der Waals surface area contributed by atoms with Gasteiger partial charge in [0.2, 0.25) is 0 Å². The van der Waals surface area contributed by atoms with E-state index < -0.39 is 5.91 Å². The van der Waals surface area contributed by atoms with Gasteiger partial charge in [-0.15, -0.1) is 0 Å². The number of nitrogens with zero attached hydrogens (tertiary/aromatic N) is 2. The first-order valence-electron chi connectivity index (χ1n) is 6.41. The van der Waals surface area contributed by atoms with E-state index in [-0.39, 0.29) is 0 Å². The number of rotatable bonds is 2. The van der Waals surface area contributed by atoms with Gasteiger partial charge in [-0.05, 0) is 43.9 Å². The van der Waals surface area contributed by atoms with E-state index in [0.29, 0.717) is 11.3 Å². The molecule has 0 aliphatic heterocycles. The van der Waals surface area contributed by atoms with E-state index in [4.69, 9.17) is 11.5 Å². The fraction of sp³-hybridized carbons (Fsp3) is 0.286. The van der Waals surface area contributed by atoms with Gasteiger partial charge in [-0.25, -0.2) is 4.98 Å². The van der Waals surface area contributed by atoms with Crippen LogP contribution in [0.15, 0.2) is 24.5 Å². The molecule has 98 valence electrons. The molecule has 4 N–H and O–H groups in total. The van der Waals surface area contributed by atoms with Gasteiger partial charge < -0.3 is 16.0 Å². The zero-order valence-electron chi connectivity index (χ0n) is 10.6. The molecule has 0 saturated carbocycles. The summed E-state index contributed by atoms with van der Waals surface area (Å²) in [6, 6.07) is 5.13. The molecule has 0 spiro atoms. The number of carbonyl (C=O) groups is 1. The maximum atomic E-state index is 11.5. The number of primary amides is 1. The van der Waals surface area contributed by atoms with Crippen molar-refractivity contribution in [3.8, 4) is 5.69 Å². The van der Waals surface area contributed by atoms with Crippen LogP contribution < -0.4 is 11.5 Å². The minimum atomic E-state index is -0.451. The number of amides is 1. The van der Waals surface area contributed by atoms with Gasteiger partial charge in [0.1, 0.15) is 0 Å². The van der Waals surface area contributed by atoms with Crippen molar-refractivity contribution in [2.45, 2.75) is 25.7 Å². The number of nitrogen functional groups attached to an aromatic ring is 1. The second-order valence-electron chi connectivity index (χ2n) is 4.86. The molecule has 1 amide bonds. The van der Waals surface area contributed by atoms with Crippen LogP contribution in [-0.2, 0) is 12.8 Å². The number of imidazole rings is 1. The van der Waals surface area contributed by atoms with Crippen molar-refractivity contribution in [3.05, 3.63) is 41.5 Å². The monoisotopic (exact) mass is 256 g/mol. The van der Waals surface area contributed by atoms with Crippen LogP contribution in [0.1, 0.15) is 34.6 Å². The molecule has 1 aromatic heterocycles. The Hall–Kier alpha value is -2.30. The van der Waals surface area contributed by atoms with Crippen LogP contribution in [0.4, 0.5) is 5.69 Å². The van der Waals surface area contributed by atoms with Gasteiger partial charge in [0.25, 0.3) is 5.91 Å². The lowest BCUT2D eigenvalue weighted by Crippen LogP contribution is -2.16. The topological polar surface area (TPSA) is 86.9 Å². The lowest BCUT2D eigenvalue weighted by molar-refractivity contribution is 0.100. The van der Waals surface area contributed by atoms with Crippen LogP contribution in [0.25, 0.3) is 5.69 Å². The van der Waals surface area contributed by atoms with Gasteiger partial charge in [0.05, 0.1) is 23.3 Å². The van der Waals surface area contributed by atoms with Crippen molar-refractivity contribution in [2.24, 2.45) is 5.73 Å². The van der Waals surface area contributed by atoms with E-state index >= 15 is 0 Å². The summed E-state index contributed by atoms with van der Waals surface area (Å²) in [4.78, 5) is 16.0. The lowest BCUT2D eigenvalue weighted by atomic mass is 10.0. The summed E-state index contributed by atoms with van der Waals surface area (Å²) in [5.41, 5.74) is 15.3. The van der Waals surface area contributed by atoms with Crippen LogP contribution in [0.2, 0.25) is 0 Å². The Morgan fingerprint density at radius 1 is 1.26 bits per heavy atom. The summed E-state index contributed by atoms with van der Waals surface area (Å²) in [7, 11) is 0. The Labute approximate surface area is 111 Å². The fourth-order valence-corrected chi connectivity index (χ4v) is 2.63. The van der Waals surface area contributed by atoms with Crippen LogP contribution >= 0.6 is 0 Å². The molecule has 1 heterocycles. The summed E-state index contributed by atoms with van der Waals surface area (Å²) in [6.07, 6.45) is 6.05. The van der Waals surface area contributed by atoms with E-state index in [1.54, 1.807) is 24.5 Å². The van der Waals surface area contributed by atoms with E-state index in [1.165, 1.54) is 12.1 Å². The molecular formula is C14H16N4O. The number of carbonyl (C=O) groups excluding carboxylic acids is 1. The van der Waals surface area contributed by atoms with Crippen molar-refractivity contribution < 1.29 is 4.79 Å². The Kier molecular flexibility index (Phi) is 2.74. The van der Waals surface area contributed by atoms with E-state index in [9.17, 15) is 4.79 Å². The molecule has 1 aliphatic rings. The minimum absolute atomic E-state index is 0.451. The molecule has 0 saturated heterocycles. The number of aromatic nitrogens is 2. The van der Waals surface area contributed by atoms with Gasteiger partial charge in [0, 0.05) is 11.4 Å². The van der Waals surface area contributed by atoms with Crippen LogP contribution in [0.5, 0.6) is 0 Å². The first-order valence-corrected chi connectivity index (χ1v) is 6.41. The average molecular weight is 256 g/mol. The third kappa shape index (κ3) is 1.97. The standard InChI is InChI=1S/C14H16N4O/c15-9-5-6-10(14(16)19)13(7-9)18-8-17-11-3-1-2-4-12(11)18/h5-8H,1-4,15H2,(H2,16,19). The first-order chi connectivity index (χ1) is 9.16. The third-order valence-electron chi connectivity index (χ3n) is 3.58. The SMILES string of the molecule is NC(=O)c1ccc(N)cc1-n1cnc2c1CCCC2. The van der Waals surface area contributed by atoms with Gasteiger partial charge in [-0.3, -0.25) is 4.79 Å². The highest BCUT2D eigenvalue weighted by Crippen LogP contribution is 2.26. The highest BCUT2D eigenvalue weighted by atomic mass is 16.1. The predicted octanol–water partition coefficient (Wildman–Crippen LogP) is 1.43. The summed E-state index contributed by atoms with van der Waals surface area (Å²) in [6.45, 7) is 0. The molecule has 2 aromatic rings. The van der Waals surface area contributed by atoms with Crippen molar-refractivity contribution >= 4 is 11.6 Å². The second-order valence-corrected chi connectivity index (χ2v) is 4.86. The molecule has 1 aromatic carbocycles. The Balaban J connectivity index is 2.19. The van der Waals surface area contributed by atoms with Gasteiger partial charge in [-0.2, -0.15) is 0 Å². The smallest absolute Gasteiger partial charge is 0.250 e. The van der Waals surface area contributed by atoms with Crippen LogP contribution in [0.3, 0.4) is 0 Å². The number of hydrogen-bond donors (Lipinski definition) is 2. The normalized spacial score (nSPS) is 14.1. The van der Waals surface area contributed by atoms with Gasteiger partial charge in [-0.1, -0.05) is 0 Å². The highest BCUT2D eigenvalue weighted by molar-refractivity contribution is 5.97. The highest BCUT2D eigenvalue weighted by Gasteiger charge is 2.19. The van der Waals surface area contributed by atoms with Crippen molar-refractivity contribution in [3.63, 3.8) is 0 Å². The van der Waals surface area contributed by atoms with E-state index in [1.807, 2.05) is 4.57 Å². The molecule has 1 aliphatic carbocycles. The summed E-state index contributed by atoms with van der Waals surface area (Å²) in [5.74, 6) is -0.451. The van der Waals surface area contributed by atoms with Gasteiger partial charge >= 0.3 is 0 Å². The number of nitrogens with two attached hydrogens (primary N) is 2. The Morgan fingerprint density at radius 2 is 2.05 bits per heavy atom. The molecule has 0 unspecified atom stereocenters. The van der Waals surface area contributed by atoms with E-state index in [2.05, 4.69) is 4.98 Å². The fourth-order valence-electron chi connectivity index (χ4n) is 2.63. The number of aryl methyl sites for hydroxylation is 1. The molecule has 0 radical (unpaired) electrons. The number of fused-ring (bicyclic) bond motifs is 1. The number of benzene rings is 1. The molecule has 0 fully saturated rings. The zero-order chi connectivity index (χ0) is 13.4. The zero-order valence-corrected chi connectivity index (χ0v) is 10.6. The van der Waals surface area contributed by atoms with Crippen LogP contribution in [0, 0.1) is 0 Å². The summed E-state index contributed by atoms with van der Waals surface area (Å²) >= 11 is 0. The Morgan fingerprint density at radius 3 is 2.84 bits per heavy atom. The molecule has 3 rings (SSSR count). The first kappa shape index (κ1) is 11.8. The lowest BCUT2D eigenvalue weighted by Gasteiger charge is -2.16. The molecule has 5 heteroatoms. The molecule has 19 heavy (non-hydrogen) atoms. The van der Waals surface area contributed by atoms with Crippen molar-refractivity contribution in [1.29, 1.82) is 0 Å². The summed E-state index contributed by atoms with van der Waals surface area (Å²) in [5, 5.41) is 0. The number of anilines is 1. The van der Waals surface area contributed by atoms with Gasteiger partial charge in [0.15, 0.2) is 0 Å². The van der Waals surface area contributed by atoms with Crippen molar-refractivity contribution in [1.82, 2.24) is 9.55 Å². The van der Waals surface area contributed by atoms with E-state index in [0.717, 1.165) is 30.6 Å². The van der Waals surface area contributed by atoms with Crippen molar-refractivity contribution in [2.75, 3.05) is 5.73 Å². The second kappa shape index (κ2) is 4.42.